The largest absolute Gasteiger partial charge is 0.493 e. The van der Waals surface area contributed by atoms with E-state index >= 15 is 0 Å². The van der Waals surface area contributed by atoms with Crippen molar-refractivity contribution in [3.05, 3.63) is 53.3 Å². The summed E-state index contributed by atoms with van der Waals surface area (Å²) < 4.78 is 55.6. The Morgan fingerprint density at radius 3 is 2.37 bits per heavy atom. The molecule has 2 atom stereocenters. The van der Waals surface area contributed by atoms with Gasteiger partial charge >= 0.3 is 0 Å². The molecule has 2 aromatic rings. The van der Waals surface area contributed by atoms with Crippen LogP contribution in [0.15, 0.2) is 30.3 Å². The topological polar surface area (TPSA) is 18.5 Å². The first-order valence-electron chi connectivity index (χ1n) is 11.1. The molecule has 0 aliphatic carbocycles. The van der Waals surface area contributed by atoms with Crippen LogP contribution in [0.2, 0.25) is 0 Å². The molecule has 1 aliphatic heterocycles. The number of ether oxygens (including phenoxy) is 2. The van der Waals surface area contributed by atoms with Crippen LogP contribution >= 0.6 is 0 Å². The van der Waals surface area contributed by atoms with Gasteiger partial charge in [0.15, 0.2) is 11.6 Å². The Balaban J connectivity index is 1.74. The molecule has 0 N–H and O–H groups in total. The van der Waals surface area contributed by atoms with Gasteiger partial charge in [-0.05, 0) is 43.4 Å². The van der Waals surface area contributed by atoms with Crippen molar-refractivity contribution in [2.45, 2.75) is 70.8 Å². The van der Waals surface area contributed by atoms with Crippen LogP contribution in [0.5, 0.6) is 5.75 Å². The van der Waals surface area contributed by atoms with E-state index in [4.69, 9.17) is 9.47 Å². The molecule has 0 bridgehead atoms. The zero-order chi connectivity index (χ0) is 21.5. The van der Waals surface area contributed by atoms with Gasteiger partial charge < -0.3 is 9.47 Å². The molecule has 5 heteroatoms. The zero-order valence-electron chi connectivity index (χ0n) is 17.9. The Morgan fingerprint density at radius 2 is 1.70 bits per heavy atom. The van der Waals surface area contributed by atoms with Gasteiger partial charge in [-0.3, -0.25) is 0 Å². The quantitative estimate of drug-likeness (QED) is 0.393. The molecule has 164 valence electrons. The highest BCUT2D eigenvalue weighted by Crippen LogP contribution is 2.36. The summed E-state index contributed by atoms with van der Waals surface area (Å²) in [7, 11) is 0. The summed E-state index contributed by atoms with van der Waals surface area (Å²) in [5.74, 6) is -2.34. The number of benzene rings is 2. The number of halogens is 3. The maximum atomic E-state index is 14.9. The van der Waals surface area contributed by atoms with Gasteiger partial charge in [0.25, 0.3) is 0 Å². The van der Waals surface area contributed by atoms with Crippen LogP contribution < -0.4 is 4.74 Å². The zero-order valence-corrected chi connectivity index (χ0v) is 17.9. The lowest BCUT2D eigenvalue weighted by atomic mass is 9.88. The van der Waals surface area contributed by atoms with Gasteiger partial charge in [-0.15, -0.1) is 0 Å². The predicted molar refractivity (Wildman–Crippen MR) is 113 cm³/mol. The third-order valence-electron chi connectivity index (χ3n) is 5.80. The van der Waals surface area contributed by atoms with Gasteiger partial charge in [-0.25, -0.2) is 13.2 Å². The molecule has 1 saturated heterocycles. The van der Waals surface area contributed by atoms with Crippen LogP contribution in [0.3, 0.4) is 0 Å². The third kappa shape index (κ3) is 5.37. The van der Waals surface area contributed by atoms with E-state index in [1.54, 1.807) is 12.1 Å². The highest BCUT2D eigenvalue weighted by atomic mass is 19.2. The number of rotatable bonds is 9. The Labute approximate surface area is 177 Å². The average Bonchev–Trinajstić information content (AvgIpc) is 2.75. The molecule has 1 fully saturated rings. The van der Waals surface area contributed by atoms with E-state index in [0.29, 0.717) is 24.5 Å². The van der Waals surface area contributed by atoms with Crippen molar-refractivity contribution in [3.63, 3.8) is 0 Å². The second-order valence-corrected chi connectivity index (χ2v) is 8.05. The van der Waals surface area contributed by atoms with E-state index in [9.17, 15) is 13.2 Å². The minimum absolute atomic E-state index is 0.0281. The van der Waals surface area contributed by atoms with Crippen LogP contribution in [-0.4, -0.2) is 19.3 Å². The fraction of sp³-hybridized carbons (Fsp3) is 0.520. The molecule has 0 spiro atoms. The number of unbranched alkanes of at least 4 members (excludes halogenated alkanes) is 2. The molecule has 30 heavy (non-hydrogen) atoms. The SMILES string of the molecule is CCCCOc1ccc(-c2ccc(C3CCC(CCCC)OC3)c(F)c2F)c(F)c1. The van der Waals surface area contributed by atoms with Crippen LogP contribution in [0, 0.1) is 17.5 Å². The smallest absolute Gasteiger partial charge is 0.167 e. The fourth-order valence-corrected chi connectivity index (χ4v) is 3.94. The maximum Gasteiger partial charge on any atom is 0.167 e. The highest BCUT2D eigenvalue weighted by molar-refractivity contribution is 5.66. The van der Waals surface area contributed by atoms with Gasteiger partial charge in [0.1, 0.15) is 11.6 Å². The van der Waals surface area contributed by atoms with E-state index in [1.807, 2.05) is 6.92 Å². The summed E-state index contributed by atoms with van der Waals surface area (Å²) in [6, 6.07) is 7.29. The molecule has 3 rings (SSSR count). The molecule has 2 aromatic carbocycles. The van der Waals surface area contributed by atoms with Crippen molar-refractivity contribution in [2.75, 3.05) is 13.2 Å². The van der Waals surface area contributed by atoms with Crippen molar-refractivity contribution in [2.24, 2.45) is 0 Å². The maximum absolute atomic E-state index is 14.9. The molecule has 0 radical (unpaired) electrons. The van der Waals surface area contributed by atoms with Crippen molar-refractivity contribution >= 4 is 0 Å². The lowest BCUT2D eigenvalue weighted by molar-refractivity contribution is -0.00258. The Bertz CT molecular complexity index is 829. The second-order valence-electron chi connectivity index (χ2n) is 8.05. The highest BCUT2D eigenvalue weighted by Gasteiger charge is 2.27. The molecular weight excluding hydrogens is 389 g/mol. The van der Waals surface area contributed by atoms with E-state index in [-0.39, 0.29) is 23.1 Å². The van der Waals surface area contributed by atoms with Gasteiger partial charge in [0, 0.05) is 23.1 Å². The van der Waals surface area contributed by atoms with Gasteiger partial charge in [-0.2, -0.15) is 0 Å². The lowest BCUT2D eigenvalue weighted by Crippen LogP contribution is -2.25. The monoisotopic (exact) mass is 420 g/mol. The van der Waals surface area contributed by atoms with Crippen LogP contribution in [-0.2, 0) is 4.74 Å². The standard InChI is InChI=1S/C25H31F3O2/c1-3-5-7-18-9-8-17(16-30-18)20-12-13-22(25(28)24(20)27)21-11-10-19(15-23(21)26)29-14-6-4-2/h10-13,15,17-18H,3-9,14,16H2,1-2H3. The van der Waals surface area contributed by atoms with Crippen LogP contribution in [0.4, 0.5) is 13.2 Å². The second kappa shape index (κ2) is 10.9. The van der Waals surface area contributed by atoms with Gasteiger partial charge in [0.2, 0.25) is 0 Å². The summed E-state index contributed by atoms with van der Waals surface area (Å²) in [5, 5.41) is 0. The number of hydrogen-bond acceptors (Lipinski definition) is 2. The van der Waals surface area contributed by atoms with E-state index in [1.165, 1.54) is 18.2 Å². The molecule has 1 heterocycles. The van der Waals surface area contributed by atoms with Crippen LogP contribution in [0.25, 0.3) is 11.1 Å². The Kier molecular flexibility index (Phi) is 8.20. The van der Waals surface area contributed by atoms with Crippen molar-refractivity contribution in [1.29, 1.82) is 0 Å². The average molecular weight is 421 g/mol. The predicted octanol–water partition coefficient (Wildman–Crippen LogP) is 7.40. The van der Waals surface area contributed by atoms with E-state index < -0.39 is 17.5 Å². The minimum atomic E-state index is -1.01. The molecule has 0 saturated carbocycles. The summed E-state index contributed by atoms with van der Waals surface area (Å²) in [6.07, 6.45) is 6.91. The normalized spacial score (nSPS) is 19.1. The van der Waals surface area contributed by atoms with Crippen molar-refractivity contribution in [3.8, 4) is 16.9 Å². The molecule has 2 nitrogen and oxygen atoms in total. The summed E-state index contributed by atoms with van der Waals surface area (Å²) in [4.78, 5) is 0. The molecule has 1 aliphatic rings. The molecule has 2 unspecified atom stereocenters. The number of hydrogen-bond donors (Lipinski definition) is 0. The Hall–Kier alpha value is -2.01. The lowest BCUT2D eigenvalue weighted by Gasteiger charge is -2.29. The summed E-state index contributed by atoms with van der Waals surface area (Å²) in [6.45, 7) is 5.07. The van der Waals surface area contributed by atoms with E-state index in [2.05, 4.69) is 6.92 Å². The first-order chi connectivity index (χ1) is 14.5. The Morgan fingerprint density at radius 1 is 0.933 bits per heavy atom. The summed E-state index contributed by atoms with van der Waals surface area (Å²) in [5.41, 5.74) is 0.261. The van der Waals surface area contributed by atoms with Crippen LogP contribution in [0.1, 0.15) is 70.3 Å². The first-order valence-corrected chi connectivity index (χ1v) is 11.1. The molecule has 0 amide bonds. The van der Waals surface area contributed by atoms with Gasteiger partial charge in [0.05, 0.1) is 19.3 Å². The van der Waals surface area contributed by atoms with E-state index in [0.717, 1.165) is 44.9 Å². The van der Waals surface area contributed by atoms with Crippen molar-refractivity contribution < 1.29 is 22.6 Å². The van der Waals surface area contributed by atoms with Crippen molar-refractivity contribution in [1.82, 2.24) is 0 Å². The van der Waals surface area contributed by atoms with Gasteiger partial charge in [-0.1, -0.05) is 45.2 Å². The summed E-state index contributed by atoms with van der Waals surface area (Å²) >= 11 is 0. The first kappa shape index (κ1) is 22.7. The molecular formula is C25H31F3O2. The molecule has 0 aromatic heterocycles. The third-order valence-corrected chi connectivity index (χ3v) is 5.80. The minimum Gasteiger partial charge on any atom is -0.493 e. The fourth-order valence-electron chi connectivity index (χ4n) is 3.94.